The van der Waals surface area contributed by atoms with Crippen LogP contribution in [0.5, 0.6) is 0 Å². The maximum Gasteiger partial charge on any atom is 0.281 e. The molecule has 0 aliphatic carbocycles. The molecule has 1 aromatic rings. The van der Waals surface area contributed by atoms with E-state index in [4.69, 9.17) is 0 Å². The van der Waals surface area contributed by atoms with Crippen molar-refractivity contribution in [2.24, 2.45) is 0 Å². The summed E-state index contributed by atoms with van der Waals surface area (Å²) in [4.78, 5) is 3.61. The Balaban J connectivity index is 3.09. The Labute approximate surface area is 89.9 Å². The Morgan fingerprint density at radius 1 is 1.36 bits per heavy atom. The molecule has 1 rings (SSSR count). The highest BCUT2D eigenvalue weighted by Gasteiger charge is 2.12. The zero-order valence-corrected chi connectivity index (χ0v) is 9.51. The van der Waals surface area contributed by atoms with Gasteiger partial charge in [0.1, 0.15) is 5.69 Å². The van der Waals surface area contributed by atoms with Gasteiger partial charge in [0.25, 0.3) is 6.43 Å². The molecule has 0 amide bonds. The van der Waals surface area contributed by atoms with Gasteiger partial charge >= 0.3 is 0 Å². The third-order valence-corrected chi connectivity index (χ3v) is 2.50. The molecule has 60 valence electrons. The summed E-state index contributed by atoms with van der Waals surface area (Å²) in [5, 5.41) is 0. The minimum absolute atomic E-state index is 0.133. The third kappa shape index (κ3) is 2.46. The van der Waals surface area contributed by atoms with Crippen LogP contribution in [-0.2, 0) is 0 Å². The van der Waals surface area contributed by atoms with Crippen molar-refractivity contribution in [3.05, 3.63) is 25.1 Å². The van der Waals surface area contributed by atoms with Gasteiger partial charge in [0.2, 0.25) is 0 Å². The first kappa shape index (κ1) is 9.56. The maximum absolute atomic E-state index is 12.1. The van der Waals surface area contributed by atoms with Gasteiger partial charge in [-0.3, -0.25) is 4.98 Å². The highest BCUT2D eigenvalue weighted by atomic mass is 127. The number of pyridine rings is 1. The molecular formula is C6H3F2I2N. The molecule has 0 radical (unpaired) electrons. The Kier molecular flexibility index (Phi) is 3.41. The molecule has 0 aliphatic rings. The third-order valence-electron chi connectivity index (χ3n) is 1.04. The Morgan fingerprint density at radius 3 is 2.45 bits per heavy atom. The molecule has 0 unspecified atom stereocenters. The van der Waals surface area contributed by atoms with Crippen molar-refractivity contribution >= 4 is 45.2 Å². The van der Waals surface area contributed by atoms with E-state index in [2.05, 4.69) is 4.98 Å². The van der Waals surface area contributed by atoms with E-state index in [0.29, 0.717) is 3.57 Å². The fraction of sp³-hybridized carbons (Fsp3) is 0.167. The predicted molar refractivity (Wildman–Crippen MR) is 54.6 cm³/mol. The van der Waals surface area contributed by atoms with Crippen LogP contribution in [0.25, 0.3) is 0 Å². The first-order chi connectivity index (χ1) is 5.11. The Bertz CT molecular complexity index is 265. The van der Waals surface area contributed by atoms with Crippen LogP contribution in [0.1, 0.15) is 12.1 Å². The van der Waals surface area contributed by atoms with Crippen LogP contribution in [-0.4, -0.2) is 4.98 Å². The van der Waals surface area contributed by atoms with Gasteiger partial charge in [0.05, 0.1) is 0 Å². The van der Waals surface area contributed by atoms with Gasteiger partial charge in [-0.05, 0) is 51.2 Å². The molecular weight excluding hydrogens is 378 g/mol. The van der Waals surface area contributed by atoms with Crippen molar-refractivity contribution in [1.82, 2.24) is 4.98 Å². The number of rotatable bonds is 1. The fourth-order valence-electron chi connectivity index (χ4n) is 0.586. The van der Waals surface area contributed by atoms with Gasteiger partial charge in [-0.25, -0.2) is 8.78 Å². The van der Waals surface area contributed by atoms with E-state index >= 15 is 0 Å². The molecule has 11 heavy (non-hydrogen) atoms. The van der Waals surface area contributed by atoms with Crippen molar-refractivity contribution < 1.29 is 8.78 Å². The Hall–Kier alpha value is 0.470. The number of halogens is 4. The lowest BCUT2D eigenvalue weighted by atomic mass is 10.4. The predicted octanol–water partition coefficient (Wildman–Crippen LogP) is 3.23. The van der Waals surface area contributed by atoms with Gasteiger partial charge in [0.15, 0.2) is 0 Å². The molecule has 0 atom stereocenters. The number of hydrogen-bond acceptors (Lipinski definition) is 1. The topological polar surface area (TPSA) is 12.9 Å². The lowest BCUT2D eigenvalue weighted by Gasteiger charge is -2.00. The van der Waals surface area contributed by atoms with E-state index in [1.165, 1.54) is 6.20 Å². The summed E-state index contributed by atoms with van der Waals surface area (Å²) >= 11 is 3.89. The lowest BCUT2D eigenvalue weighted by molar-refractivity contribution is 0.145. The van der Waals surface area contributed by atoms with Crippen LogP contribution >= 0.6 is 45.2 Å². The number of aromatic nitrogens is 1. The zero-order chi connectivity index (χ0) is 8.43. The van der Waals surface area contributed by atoms with Crippen molar-refractivity contribution in [1.29, 1.82) is 0 Å². The molecule has 0 spiro atoms. The second-order valence-electron chi connectivity index (χ2n) is 1.82. The number of hydrogen-bond donors (Lipinski definition) is 0. The van der Waals surface area contributed by atoms with Crippen LogP contribution in [0, 0.1) is 7.14 Å². The summed E-state index contributed by atoms with van der Waals surface area (Å²) in [7, 11) is 0. The Morgan fingerprint density at radius 2 is 2.00 bits per heavy atom. The number of nitrogens with zero attached hydrogens (tertiary/aromatic N) is 1. The summed E-state index contributed by atoms with van der Waals surface area (Å²) in [6.07, 6.45) is -1.04. The normalized spacial score (nSPS) is 10.6. The van der Waals surface area contributed by atoms with Gasteiger partial charge in [-0.15, -0.1) is 0 Å². The van der Waals surface area contributed by atoms with Gasteiger partial charge in [-0.2, -0.15) is 0 Å². The van der Waals surface area contributed by atoms with E-state index in [9.17, 15) is 8.78 Å². The van der Waals surface area contributed by atoms with Crippen molar-refractivity contribution in [2.75, 3.05) is 0 Å². The summed E-state index contributed by atoms with van der Waals surface area (Å²) in [5.41, 5.74) is -0.133. The molecule has 0 N–H and O–H groups in total. The van der Waals surface area contributed by atoms with Gasteiger partial charge in [-0.1, -0.05) is 0 Å². The van der Waals surface area contributed by atoms with Crippen LogP contribution in [0.4, 0.5) is 8.78 Å². The lowest BCUT2D eigenvalue weighted by Crippen LogP contribution is -1.94. The van der Waals surface area contributed by atoms with E-state index in [0.717, 1.165) is 3.57 Å². The first-order valence-electron chi connectivity index (χ1n) is 2.70. The maximum atomic E-state index is 12.1. The van der Waals surface area contributed by atoms with Crippen molar-refractivity contribution in [3.8, 4) is 0 Å². The molecule has 0 aliphatic heterocycles. The summed E-state index contributed by atoms with van der Waals surface area (Å²) < 4.78 is 25.6. The molecule has 1 nitrogen and oxygen atoms in total. The summed E-state index contributed by atoms with van der Waals surface area (Å²) in [6, 6.07) is 1.68. The highest BCUT2D eigenvalue weighted by molar-refractivity contribution is 14.1. The second kappa shape index (κ2) is 3.92. The van der Waals surface area contributed by atoms with Crippen molar-refractivity contribution in [3.63, 3.8) is 0 Å². The average molecular weight is 381 g/mol. The van der Waals surface area contributed by atoms with Crippen LogP contribution in [0.2, 0.25) is 0 Å². The van der Waals surface area contributed by atoms with E-state index in [1.54, 1.807) is 6.07 Å². The SMILES string of the molecule is FC(F)c1ncc(I)cc1I. The van der Waals surface area contributed by atoms with Crippen LogP contribution in [0.15, 0.2) is 12.3 Å². The van der Waals surface area contributed by atoms with Crippen molar-refractivity contribution in [2.45, 2.75) is 6.43 Å². The van der Waals surface area contributed by atoms with Gasteiger partial charge in [0, 0.05) is 13.3 Å². The van der Waals surface area contributed by atoms with Gasteiger partial charge < -0.3 is 0 Å². The quantitative estimate of drug-likeness (QED) is 0.682. The second-order valence-corrected chi connectivity index (χ2v) is 4.23. The smallest absolute Gasteiger partial charge is 0.253 e. The fourth-order valence-corrected chi connectivity index (χ4v) is 2.34. The molecule has 1 heterocycles. The molecule has 0 aromatic carbocycles. The molecule has 0 saturated carbocycles. The van der Waals surface area contributed by atoms with E-state index in [1.807, 2.05) is 45.2 Å². The largest absolute Gasteiger partial charge is 0.281 e. The van der Waals surface area contributed by atoms with Crippen LogP contribution in [0.3, 0.4) is 0 Å². The molecule has 5 heteroatoms. The monoisotopic (exact) mass is 381 g/mol. The molecule has 0 bridgehead atoms. The number of alkyl halides is 2. The average Bonchev–Trinajstić information content (AvgIpc) is 1.85. The minimum Gasteiger partial charge on any atom is -0.253 e. The van der Waals surface area contributed by atoms with E-state index in [-0.39, 0.29) is 5.69 Å². The highest BCUT2D eigenvalue weighted by Crippen LogP contribution is 2.22. The zero-order valence-electron chi connectivity index (χ0n) is 5.19. The molecule has 1 aromatic heterocycles. The standard InChI is InChI=1S/C6H3F2I2N/c7-6(8)5-4(10)1-3(9)2-11-5/h1-2,6H. The molecule has 0 fully saturated rings. The van der Waals surface area contributed by atoms with E-state index < -0.39 is 6.43 Å². The first-order valence-corrected chi connectivity index (χ1v) is 4.86. The summed E-state index contributed by atoms with van der Waals surface area (Å²) in [5.74, 6) is 0. The van der Waals surface area contributed by atoms with Crippen LogP contribution < -0.4 is 0 Å². The summed E-state index contributed by atoms with van der Waals surface area (Å²) in [6.45, 7) is 0. The molecule has 0 saturated heterocycles. The minimum atomic E-state index is -2.47.